The van der Waals surface area contributed by atoms with Crippen molar-refractivity contribution in [1.82, 2.24) is 20.2 Å². The van der Waals surface area contributed by atoms with E-state index in [-0.39, 0.29) is 0 Å². The summed E-state index contributed by atoms with van der Waals surface area (Å²) in [6, 6.07) is 4.25. The molecule has 0 spiro atoms. The number of nitrogens with zero attached hydrogens (tertiary/aromatic N) is 3. The van der Waals surface area contributed by atoms with Crippen LogP contribution in [0.2, 0.25) is 0 Å². The fourth-order valence-corrected chi connectivity index (χ4v) is 5.08. The van der Waals surface area contributed by atoms with Crippen LogP contribution in [-0.4, -0.2) is 20.2 Å². The van der Waals surface area contributed by atoms with Crippen LogP contribution in [0.4, 0.5) is 11.5 Å². The lowest BCUT2D eigenvalue weighted by molar-refractivity contribution is 0.509. The second kappa shape index (κ2) is 5.52. The fourth-order valence-electron chi connectivity index (χ4n) is 3.73. The van der Waals surface area contributed by atoms with Crippen LogP contribution in [0.3, 0.4) is 0 Å². The Morgan fingerprint density at radius 2 is 2.20 bits per heavy atom. The molecule has 3 heterocycles. The van der Waals surface area contributed by atoms with Crippen LogP contribution < -0.4 is 5.32 Å². The number of benzene rings is 1. The Labute approximate surface area is 149 Å². The molecule has 0 amide bonds. The molecule has 1 aliphatic rings. The summed E-state index contributed by atoms with van der Waals surface area (Å²) in [4.78, 5) is 11.7. The van der Waals surface area contributed by atoms with Crippen LogP contribution >= 0.6 is 11.3 Å². The minimum absolute atomic E-state index is 0.760. The van der Waals surface area contributed by atoms with E-state index >= 15 is 0 Å². The van der Waals surface area contributed by atoms with Crippen molar-refractivity contribution in [2.45, 2.75) is 33.1 Å². The van der Waals surface area contributed by atoms with Gasteiger partial charge in [0, 0.05) is 16.0 Å². The third kappa shape index (κ3) is 2.40. The summed E-state index contributed by atoms with van der Waals surface area (Å²) >= 11 is 1.83. The van der Waals surface area contributed by atoms with Crippen molar-refractivity contribution in [1.29, 1.82) is 0 Å². The first kappa shape index (κ1) is 14.8. The molecule has 0 fully saturated rings. The largest absolute Gasteiger partial charge is 0.339 e. The minimum Gasteiger partial charge on any atom is -0.339 e. The standard InChI is InChI=1S/C19H19N5S/c1-10-3-4-13-16(5-10)25-19-17(13)18(20-9-21-19)23-14-7-12-8-22-24-15(12)6-11(14)2/h6-10H,3-5H2,1-2H3,(H,22,24)(H,20,21,23). The molecule has 25 heavy (non-hydrogen) atoms. The third-order valence-electron chi connectivity index (χ3n) is 5.13. The van der Waals surface area contributed by atoms with Crippen molar-refractivity contribution in [2.75, 3.05) is 5.32 Å². The van der Waals surface area contributed by atoms with Crippen molar-refractivity contribution in [3.63, 3.8) is 0 Å². The second-order valence-corrected chi connectivity index (χ2v) is 8.09. The molecule has 0 radical (unpaired) electrons. The summed E-state index contributed by atoms with van der Waals surface area (Å²) in [5.74, 6) is 1.68. The van der Waals surface area contributed by atoms with Crippen molar-refractivity contribution in [3.8, 4) is 0 Å². The molecule has 5 rings (SSSR count). The van der Waals surface area contributed by atoms with Crippen LogP contribution in [0.25, 0.3) is 21.1 Å². The molecule has 0 saturated carbocycles. The molecule has 0 aliphatic heterocycles. The predicted octanol–water partition coefficient (Wildman–Crippen LogP) is 4.74. The number of anilines is 2. The van der Waals surface area contributed by atoms with Gasteiger partial charge in [-0.2, -0.15) is 5.10 Å². The number of fused-ring (bicyclic) bond motifs is 4. The van der Waals surface area contributed by atoms with E-state index in [4.69, 9.17) is 0 Å². The summed E-state index contributed by atoms with van der Waals surface area (Å²) in [5, 5.41) is 13.0. The molecule has 0 bridgehead atoms. The lowest BCUT2D eigenvalue weighted by Gasteiger charge is -2.18. The van der Waals surface area contributed by atoms with E-state index < -0.39 is 0 Å². The Bertz CT molecular complexity index is 1090. The Morgan fingerprint density at radius 3 is 3.12 bits per heavy atom. The highest BCUT2D eigenvalue weighted by atomic mass is 32.1. The number of hydrogen-bond acceptors (Lipinski definition) is 5. The zero-order chi connectivity index (χ0) is 17.0. The Kier molecular flexibility index (Phi) is 3.28. The van der Waals surface area contributed by atoms with Gasteiger partial charge in [0.25, 0.3) is 0 Å². The third-order valence-corrected chi connectivity index (χ3v) is 6.29. The number of nitrogens with one attached hydrogen (secondary N) is 2. The summed E-state index contributed by atoms with van der Waals surface area (Å²) < 4.78 is 0. The molecule has 6 heteroatoms. The highest BCUT2D eigenvalue weighted by Gasteiger charge is 2.23. The van der Waals surface area contributed by atoms with Gasteiger partial charge in [0.05, 0.1) is 17.1 Å². The Hall–Kier alpha value is -2.47. The van der Waals surface area contributed by atoms with Gasteiger partial charge in [-0.15, -0.1) is 11.3 Å². The maximum absolute atomic E-state index is 4.57. The molecule has 1 aliphatic carbocycles. The summed E-state index contributed by atoms with van der Waals surface area (Å²) in [6.45, 7) is 4.44. The molecular formula is C19H19N5S. The highest BCUT2D eigenvalue weighted by molar-refractivity contribution is 7.19. The molecule has 126 valence electrons. The van der Waals surface area contributed by atoms with Crippen molar-refractivity contribution in [3.05, 3.63) is 40.7 Å². The monoisotopic (exact) mass is 349 g/mol. The van der Waals surface area contributed by atoms with Gasteiger partial charge in [-0.1, -0.05) is 6.92 Å². The quantitative estimate of drug-likeness (QED) is 0.548. The van der Waals surface area contributed by atoms with Gasteiger partial charge in [-0.25, -0.2) is 9.97 Å². The smallest absolute Gasteiger partial charge is 0.142 e. The van der Waals surface area contributed by atoms with E-state index in [0.29, 0.717) is 0 Å². The average Bonchev–Trinajstić information content (AvgIpc) is 3.18. The second-order valence-electron chi connectivity index (χ2n) is 7.00. The number of aryl methyl sites for hydroxylation is 2. The summed E-state index contributed by atoms with van der Waals surface area (Å²) in [7, 11) is 0. The maximum atomic E-state index is 4.57. The van der Waals surface area contributed by atoms with Gasteiger partial charge in [0.2, 0.25) is 0 Å². The first-order valence-electron chi connectivity index (χ1n) is 8.65. The molecule has 1 atom stereocenters. The minimum atomic E-state index is 0.760. The van der Waals surface area contributed by atoms with Crippen molar-refractivity contribution < 1.29 is 0 Å². The van der Waals surface area contributed by atoms with Gasteiger partial charge in [0.1, 0.15) is 17.0 Å². The van der Waals surface area contributed by atoms with Gasteiger partial charge >= 0.3 is 0 Å². The van der Waals surface area contributed by atoms with Crippen LogP contribution in [0, 0.1) is 12.8 Å². The van der Waals surface area contributed by atoms with E-state index in [1.165, 1.54) is 27.8 Å². The van der Waals surface area contributed by atoms with E-state index in [1.807, 2.05) is 17.5 Å². The van der Waals surface area contributed by atoms with Crippen LogP contribution in [0.5, 0.6) is 0 Å². The topological polar surface area (TPSA) is 66.5 Å². The lowest BCUT2D eigenvalue weighted by Crippen LogP contribution is -2.09. The molecule has 0 saturated heterocycles. The zero-order valence-corrected chi connectivity index (χ0v) is 15.1. The summed E-state index contributed by atoms with van der Waals surface area (Å²) in [6.07, 6.45) is 7.05. The Balaban J connectivity index is 1.63. The summed E-state index contributed by atoms with van der Waals surface area (Å²) in [5.41, 5.74) is 4.74. The molecule has 3 aromatic heterocycles. The number of thiophene rings is 1. The van der Waals surface area contributed by atoms with Crippen molar-refractivity contribution >= 4 is 44.0 Å². The first-order valence-corrected chi connectivity index (χ1v) is 9.46. The number of aromatic nitrogens is 4. The molecule has 5 nitrogen and oxygen atoms in total. The highest BCUT2D eigenvalue weighted by Crippen LogP contribution is 2.40. The number of H-pyrrole nitrogens is 1. The van der Waals surface area contributed by atoms with Crippen LogP contribution in [0.15, 0.2) is 24.7 Å². The van der Waals surface area contributed by atoms with Crippen molar-refractivity contribution in [2.24, 2.45) is 5.92 Å². The molecule has 4 aromatic rings. The van der Waals surface area contributed by atoms with E-state index in [2.05, 4.69) is 51.5 Å². The lowest BCUT2D eigenvalue weighted by atomic mass is 9.89. The van der Waals surface area contributed by atoms with Crippen LogP contribution in [-0.2, 0) is 12.8 Å². The zero-order valence-electron chi connectivity index (χ0n) is 14.3. The number of rotatable bonds is 2. The SMILES string of the molecule is Cc1cc2[nH]ncc2cc1Nc1ncnc2sc3c(c12)CCC(C)C3. The average molecular weight is 349 g/mol. The van der Waals surface area contributed by atoms with Gasteiger partial charge in [-0.3, -0.25) is 5.10 Å². The van der Waals surface area contributed by atoms with E-state index in [9.17, 15) is 0 Å². The first-order chi connectivity index (χ1) is 12.2. The number of hydrogen-bond donors (Lipinski definition) is 2. The number of aromatic amines is 1. The molecule has 1 aromatic carbocycles. The van der Waals surface area contributed by atoms with E-state index in [1.54, 1.807) is 6.33 Å². The maximum Gasteiger partial charge on any atom is 0.142 e. The molecular weight excluding hydrogens is 330 g/mol. The molecule has 2 N–H and O–H groups in total. The van der Waals surface area contributed by atoms with E-state index in [0.717, 1.165) is 46.0 Å². The normalized spacial score (nSPS) is 17.1. The molecule has 1 unspecified atom stereocenters. The Morgan fingerprint density at radius 1 is 1.28 bits per heavy atom. The predicted molar refractivity (Wildman–Crippen MR) is 103 cm³/mol. The van der Waals surface area contributed by atoms with Crippen LogP contribution in [0.1, 0.15) is 29.3 Å². The van der Waals surface area contributed by atoms with Gasteiger partial charge in [0.15, 0.2) is 0 Å². The van der Waals surface area contributed by atoms with Gasteiger partial charge in [-0.05, 0) is 55.4 Å². The van der Waals surface area contributed by atoms with Gasteiger partial charge < -0.3 is 5.32 Å². The fraction of sp³-hybridized carbons (Fsp3) is 0.316.